The molecule has 1 amide bonds. The van der Waals surface area contributed by atoms with Crippen molar-refractivity contribution in [3.05, 3.63) is 29.8 Å². The molecule has 1 aromatic rings. The summed E-state index contributed by atoms with van der Waals surface area (Å²) in [6.45, 7) is 6.29. The Hall–Kier alpha value is -1.44. The van der Waals surface area contributed by atoms with Crippen LogP contribution < -0.4 is 9.62 Å². The van der Waals surface area contributed by atoms with Crippen LogP contribution in [0, 0.1) is 11.8 Å². The Balaban J connectivity index is 1.65. The summed E-state index contributed by atoms with van der Waals surface area (Å²) in [6.07, 6.45) is 2.53. The lowest BCUT2D eigenvalue weighted by atomic mass is 9.94. The predicted molar refractivity (Wildman–Crippen MR) is 98.3 cm³/mol. The number of piperidine rings is 1. The third kappa shape index (κ3) is 4.40. The summed E-state index contributed by atoms with van der Waals surface area (Å²) in [6, 6.07) is 7.55. The van der Waals surface area contributed by atoms with E-state index in [1.807, 2.05) is 24.3 Å². The maximum Gasteiger partial charge on any atom is 0.279 e. The van der Waals surface area contributed by atoms with Crippen LogP contribution in [-0.4, -0.2) is 38.3 Å². The van der Waals surface area contributed by atoms with Crippen LogP contribution in [0.1, 0.15) is 38.7 Å². The molecule has 2 aliphatic heterocycles. The van der Waals surface area contributed by atoms with Gasteiger partial charge in [0.15, 0.2) is 0 Å². The third-order valence-electron chi connectivity index (χ3n) is 4.93. The molecular formula is C18H27N3O3S. The molecule has 1 N–H and O–H groups in total. The molecule has 0 radical (unpaired) electrons. The molecule has 138 valence electrons. The highest BCUT2D eigenvalue weighted by atomic mass is 32.2. The van der Waals surface area contributed by atoms with Crippen LogP contribution in [0.5, 0.6) is 0 Å². The molecule has 0 aromatic heterocycles. The molecule has 2 saturated heterocycles. The smallest absolute Gasteiger partial charge is 0.279 e. The van der Waals surface area contributed by atoms with Crippen LogP contribution in [0.15, 0.2) is 24.3 Å². The first-order valence-electron chi connectivity index (χ1n) is 8.99. The van der Waals surface area contributed by atoms with Gasteiger partial charge in [0, 0.05) is 38.3 Å². The van der Waals surface area contributed by atoms with E-state index in [9.17, 15) is 13.2 Å². The Morgan fingerprint density at radius 1 is 1.20 bits per heavy atom. The fourth-order valence-corrected chi connectivity index (χ4v) is 5.26. The fraction of sp³-hybridized carbons (Fsp3) is 0.611. The molecule has 2 unspecified atom stereocenters. The van der Waals surface area contributed by atoms with Gasteiger partial charge in [-0.3, -0.25) is 4.79 Å². The van der Waals surface area contributed by atoms with Crippen molar-refractivity contribution < 1.29 is 13.2 Å². The lowest BCUT2D eigenvalue weighted by Crippen LogP contribution is -2.47. The molecule has 2 aliphatic rings. The highest BCUT2D eigenvalue weighted by molar-refractivity contribution is 7.87. The van der Waals surface area contributed by atoms with E-state index in [-0.39, 0.29) is 12.5 Å². The van der Waals surface area contributed by atoms with E-state index >= 15 is 0 Å². The molecule has 3 rings (SSSR count). The number of nitrogens with one attached hydrogen (secondary N) is 1. The molecule has 7 heteroatoms. The van der Waals surface area contributed by atoms with Gasteiger partial charge >= 0.3 is 0 Å². The number of hydrogen-bond acceptors (Lipinski definition) is 3. The highest BCUT2D eigenvalue weighted by Crippen LogP contribution is 2.24. The zero-order valence-electron chi connectivity index (χ0n) is 14.9. The topological polar surface area (TPSA) is 69.7 Å². The maximum atomic E-state index is 12.6. The second kappa shape index (κ2) is 7.43. The van der Waals surface area contributed by atoms with Crippen LogP contribution in [0.2, 0.25) is 0 Å². The highest BCUT2D eigenvalue weighted by Gasteiger charge is 2.30. The van der Waals surface area contributed by atoms with Crippen molar-refractivity contribution in [1.29, 1.82) is 0 Å². The average Bonchev–Trinajstić information content (AvgIpc) is 2.98. The second-order valence-corrected chi connectivity index (χ2v) is 9.16. The number of anilines is 1. The molecule has 1 aromatic carbocycles. The number of carbonyl (C=O) groups is 1. The minimum atomic E-state index is -3.49. The van der Waals surface area contributed by atoms with E-state index in [1.54, 1.807) is 9.21 Å². The monoisotopic (exact) mass is 365 g/mol. The molecule has 6 nitrogen and oxygen atoms in total. The minimum absolute atomic E-state index is 0.133. The zero-order chi connectivity index (χ0) is 18.0. The van der Waals surface area contributed by atoms with Gasteiger partial charge in [0.25, 0.3) is 10.2 Å². The summed E-state index contributed by atoms with van der Waals surface area (Å²) < 4.78 is 29.5. The predicted octanol–water partition coefficient (Wildman–Crippen LogP) is 2.13. The SMILES string of the molecule is CC1CC(C)CN(S(=O)(=O)NCc2cccc(N3CCCC3=O)c2)C1. The van der Waals surface area contributed by atoms with E-state index in [0.717, 1.165) is 30.6 Å². The number of carbonyl (C=O) groups excluding carboxylic acids is 1. The Morgan fingerprint density at radius 2 is 1.92 bits per heavy atom. The maximum absolute atomic E-state index is 12.6. The van der Waals surface area contributed by atoms with Crippen molar-refractivity contribution in [3.63, 3.8) is 0 Å². The molecular weight excluding hydrogens is 338 g/mol. The van der Waals surface area contributed by atoms with Crippen LogP contribution in [-0.2, 0) is 21.5 Å². The van der Waals surface area contributed by atoms with Gasteiger partial charge in [-0.25, -0.2) is 0 Å². The largest absolute Gasteiger partial charge is 0.312 e. The van der Waals surface area contributed by atoms with Crippen molar-refractivity contribution in [2.24, 2.45) is 11.8 Å². The van der Waals surface area contributed by atoms with Crippen LogP contribution in [0.3, 0.4) is 0 Å². The Bertz CT molecular complexity index is 725. The van der Waals surface area contributed by atoms with E-state index in [4.69, 9.17) is 0 Å². The molecule has 25 heavy (non-hydrogen) atoms. The van der Waals surface area contributed by atoms with Gasteiger partial charge in [0.1, 0.15) is 0 Å². The average molecular weight is 365 g/mol. The van der Waals surface area contributed by atoms with Gasteiger partial charge in [-0.2, -0.15) is 17.4 Å². The minimum Gasteiger partial charge on any atom is -0.312 e. The van der Waals surface area contributed by atoms with Gasteiger partial charge in [0.05, 0.1) is 0 Å². The van der Waals surface area contributed by atoms with Gasteiger partial charge in [-0.15, -0.1) is 0 Å². The third-order valence-corrected chi connectivity index (χ3v) is 6.42. The number of hydrogen-bond donors (Lipinski definition) is 1. The van der Waals surface area contributed by atoms with E-state index in [1.165, 1.54) is 0 Å². The van der Waals surface area contributed by atoms with Gasteiger partial charge < -0.3 is 4.90 Å². The number of benzene rings is 1. The molecule has 0 saturated carbocycles. The van der Waals surface area contributed by atoms with E-state index in [2.05, 4.69) is 18.6 Å². The Labute approximate surface area is 150 Å². The second-order valence-electron chi connectivity index (χ2n) is 7.41. The molecule has 2 fully saturated rings. The number of nitrogens with zero attached hydrogens (tertiary/aromatic N) is 2. The Morgan fingerprint density at radius 3 is 2.56 bits per heavy atom. The zero-order valence-corrected chi connectivity index (χ0v) is 15.8. The summed E-state index contributed by atoms with van der Waals surface area (Å²) >= 11 is 0. The molecule has 0 bridgehead atoms. The summed E-state index contributed by atoms with van der Waals surface area (Å²) in [5.41, 5.74) is 1.71. The van der Waals surface area contributed by atoms with Crippen LogP contribution >= 0.6 is 0 Å². The first-order valence-corrected chi connectivity index (χ1v) is 10.4. The summed E-state index contributed by atoms with van der Waals surface area (Å²) in [5.74, 6) is 0.892. The number of rotatable bonds is 5. The van der Waals surface area contributed by atoms with Crippen molar-refractivity contribution >= 4 is 21.8 Å². The summed E-state index contributed by atoms with van der Waals surface area (Å²) in [5, 5.41) is 0. The van der Waals surface area contributed by atoms with Crippen molar-refractivity contribution in [2.45, 2.75) is 39.7 Å². The first kappa shape index (κ1) is 18.4. The first-order chi connectivity index (χ1) is 11.8. The van der Waals surface area contributed by atoms with Crippen molar-refractivity contribution in [2.75, 3.05) is 24.5 Å². The molecule has 2 heterocycles. The fourth-order valence-electron chi connectivity index (χ4n) is 3.82. The van der Waals surface area contributed by atoms with E-state index in [0.29, 0.717) is 31.3 Å². The lowest BCUT2D eigenvalue weighted by Gasteiger charge is -2.34. The Kier molecular flexibility index (Phi) is 5.46. The van der Waals surface area contributed by atoms with Gasteiger partial charge in [-0.1, -0.05) is 26.0 Å². The molecule has 0 aliphatic carbocycles. The van der Waals surface area contributed by atoms with Gasteiger partial charge in [-0.05, 0) is 42.4 Å². The normalized spacial score (nSPS) is 25.5. The van der Waals surface area contributed by atoms with Gasteiger partial charge in [0.2, 0.25) is 5.91 Å². The summed E-state index contributed by atoms with van der Waals surface area (Å²) in [7, 11) is -3.49. The van der Waals surface area contributed by atoms with Crippen molar-refractivity contribution in [3.8, 4) is 0 Å². The number of amides is 1. The van der Waals surface area contributed by atoms with Crippen LogP contribution in [0.25, 0.3) is 0 Å². The lowest BCUT2D eigenvalue weighted by molar-refractivity contribution is -0.117. The van der Waals surface area contributed by atoms with Crippen LogP contribution in [0.4, 0.5) is 5.69 Å². The standard InChI is InChI=1S/C18H27N3O3S/c1-14-9-15(2)13-20(12-14)25(23,24)19-11-16-5-3-6-17(10-16)21-8-4-7-18(21)22/h3,5-6,10,14-15,19H,4,7-9,11-13H2,1-2H3. The van der Waals surface area contributed by atoms with Crippen molar-refractivity contribution in [1.82, 2.24) is 9.03 Å². The molecule has 0 spiro atoms. The quantitative estimate of drug-likeness (QED) is 0.869. The van der Waals surface area contributed by atoms with E-state index < -0.39 is 10.2 Å². The summed E-state index contributed by atoms with van der Waals surface area (Å²) in [4.78, 5) is 13.6. The molecule has 2 atom stereocenters.